The van der Waals surface area contributed by atoms with Gasteiger partial charge in [-0.1, -0.05) is 12.8 Å². The van der Waals surface area contributed by atoms with E-state index in [0.29, 0.717) is 28.4 Å². The van der Waals surface area contributed by atoms with Crippen LogP contribution in [0.5, 0.6) is 0 Å². The van der Waals surface area contributed by atoms with E-state index in [2.05, 4.69) is 25.6 Å². The second-order valence-corrected chi connectivity index (χ2v) is 8.24. The van der Waals surface area contributed by atoms with Gasteiger partial charge in [0.05, 0.1) is 11.7 Å². The monoisotopic (exact) mass is 420 g/mol. The molecule has 0 bridgehead atoms. The molecule has 9 nitrogen and oxygen atoms in total. The first-order chi connectivity index (χ1) is 15.1. The number of anilines is 1. The van der Waals surface area contributed by atoms with E-state index in [9.17, 15) is 10.1 Å². The van der Waals surface area contributed by atoms with Crippen LogP contribution < -0.4 is 21.9 Å². The third-order valence-corrected chi connectivity index (χ3v) is 5.98. The molecule has 1 aliphatic carbocycles. The number of allylic oxidation sites excluding steroid dienone is 2. The van der Waals surface area contributed by atoms with E-state index in [-0.39, 0.29) is 23.2 Å². The summed E-state index contributed by atoms with van der Waals surface area (Å²) in [7, 11) is 0. The maximum absolute atomic E-state index is 12.9. The highest BCUT2D eigenvalue weighted by atomic mass is 16.1. The lowest BCUT2D eigenvalue weighted by Gasteiger charge is -2.19. The van der Waals surface area contributed by atoms with Crippen LogP contribution in [0.4, 0.5) is 5.95 Å². The van der Waals surface area contributed by atoms with Crippen molar-refractivity contribution in [2.75, 3.05) is 18.4 Å². The van der Waals surface area contributed by atoms with Crippen LogP contribution in [-0.2, 0) is 0 Å². The number of nitrogens with one attached hydrogen (secondary N) is 2. The standard InChI is InChI=1S/C22H28N8O/c1-14(24)19(13-26-17-6-8-25-9-7-17)28-22-27-12-16-10-15(11-23)21(31)30(20(16)29-22)18-4-2-3-5-18/h10,12-13,17-18,25H,2-9,24H2,1H3,(H,27,28,29)/b19-14+,26-13?. The predicted molar refractivity (Wildman–Crippen MR) is 121 cm³/mol. The summed E-state index contributed by atoms with van der Waals surface area (Å²) in [6.07, 6.45) is 9.34. The summed E-state index contributed by atoms with van der Waals surface area (Å²) in [5.74, 6) is 0.347. The topological polar surface area (TPSA) is 134 Å². The van der Waals surface area contributed by atoms with E-state index in [1.165, 1.54) is 0 Å². The van der Waals surface area contributed by atoms with Crippen molar-refractivity contribution in [1.82, 2.24) is 19.9 Å². The zero-order valence-corrected chi connectivity index (χ0v) is 17.8. The lowest BCUT2D eigenvalue weighted by molar-refractivity contribution is 0.461. The molecule has 2 aliphatic rings. The van der Waals surface area contributed by atoms with Gasteiger partial charge in [0.25, 0.3) is 5.56 Å². The van der Waals surface area contributed by atoms with Crippen LogP contribution in [0.25, 0.3) is 11.0 Å². The van der Waals surface area contributed by atoms with E-state index in [1.807, 2.05) is 6.07 Å². The van der Waals surface area contributed by atoms with Crippen molar-refractivity contribution < 1.29 is 0 Å². The Morgan fingerprint density at radius 1 is 1.35 bits per heavy atom. The summed E-state index contributed by atoms with van der Waals surface area (Å²) in [6.45, 7) is 3.73. The fraction of sp³-hybridized carbons (Fsp3) is 0.500. The number of rotatable bonds is 5. The fourth-order valence-electron chi connectivity index (χ4n) is 4.25. The van der Waals surface area contributed by atoms with Gasteiger partial charge in [0, 0.05) is 29.5 Å². The van der Waals surface area contributed by atoms with Crippen molar-refractivity contribution in [1.29, 1.82) is 5.26 Å². The molecule has 4 rings (SSSR count). The van der Waals surface area contributed by atoms with Gasteiger partial charge < -0.3 is 16.4 Å². The molecule has 2 fully saturated rings. The molecule has 0 spiro atoms. The summed E-state index contributed by atoms with van der Waals surface area (Å²) >= 11 is 0. The van der Waals surface area contributed by atoms with Crippen molar-refractivity contribution >= 4 is 23.2 Å². The number of aliphatic imine (C=N–C) groups is 1. The quantitative estimate of drug-likeness (QED) is 0.631. The molecule has 1 saturated carbocycles. The molecule has 3 heterocycles. The van der Waals surface area contributed by atoms with Crippen LogP contribution in [0, 0.1) is 11.3 Å². The molecule has 162 valence electrons. The van der Waals surface area contributed by atoms with Crippen molar-refractivity contribution in [3.63, 3.8) is 0 Å². The van der Waals surface area contributed by atoms with Crippen LogP contribution in [-0.4, -0.2) is 39.9 Å². The fourth-order valence-corrected chi connectivity index (χ4v) is 4.25. The van der Waals surface area contributed by atoms with Gasteiger partial charge in [-0.25, -0.2) is 4.98 Å². The minimum atomic E-state index is -0.287. The average molecular weight is 421 g/mol. The van der Waals surface area contributed by atoms with Gasteiger partial charge >= 0.3 is 0 Å². The Morgan fingerprint density at radius 2 is 2.10 bits per heavy atom. The zero-order valence-electron chi connectivity index (χ0n) is 17.8. The Hall–Kier alpha value is -3.25. The first-order valence-corrected chi connectivity index (χ1v) is 10.9. The number of piperidine rings is 1. The molecule has 0 atom stereocenters. The zero-order chi connectivity index (χ0) is 21.8. The van der Waals surface area contributed by atoms with Crippen molar-refractivity contribution in [2.45, 2.75) is 57.5 Å². The number of pyridine rings is 1. The Morgan fingerprint density at radius 3 is 2.77 bits per heavy atom. The number of fused-ring (bicyclic) bond motifs is 1. The summed E-state index contributed by atoms with van der Waals surface area (Å²) in [5, 5.41) is 16.6. The number of nitrogens with zero attached hydrogens (tertiary/aromatic N) is 5. The van der Waals surface area contributed by atoms with E-state index < -0.39 is 0 Å². The molecule has 2 aromatic heterocycles. The maximum atomic E-state index is 12.9. The molecule has 4 N–H and O–H groups in total. The number of aromatic nitrogens is 3. The average Bonchev–Trinajstić information content (AvgIpc) is 3.31. The number of nitrogens with two attached hydrogens (primary N) is 1. The van der Waals surface area contributed by atoms with Crippen LogP contribution >= 0.6 is 0 Å². The lowest BCUT2D eigenvalue weighted by Crippen LogP contribution is -2.30. The van der Waals surface area contributed by atoms with E-state index in [1.54, 1.807) is 30.0 Å². The van der Waals surface area contributed by atoms with Crippen LogP contribution in [0.3, 0.4) is 0 Å². The van der Waals surface area contributed by atoms with Crippen molar-refractivity contribution in [3.05, 3.63) is 39.6 Å². The summed E-state index contributed by atoms with van der Waals surface area (Å²) < 4.78 is 1.68. The lowest BCUT2D eigenvalue weighted by atomic mass is 10.1. The third kappa shape index (κ3) is 4.59. The Bertz CT molecular complexity index is 1110. The molecular weight excluding hydrogens is 392 g/mol. The van der Waals surface area contributed by atoms with E-state index in [4.69, 9.17) is 5.73 Å². The molecule has 2 aromatic rings. The largest absolute Gasteiger partial charge is 0.401 e. The van der Waals surface area contributed by atoms with Gasteiger partial charge in [-0.15, -0.1) is 0 Å². The smallest absolute Gasteiger partial charge is 0.270 e. The third-order valence-electron chi connectivity index (χ3n) is 5.98. The Labute approximate surface area is 181 Å². The van der Waals surface area contributed by atoms with Crippen LogP contribution in [0.2, 0.25) is 0 Å². The van der Waals surface area contributed by atoms with Gasteiger partial charge in [0.1, 0.15) is 17.3 Å². The molecule has 9 heteroatoms. The van der Waals surface area contributed by atoms with E-state index in [0.717, 1.165) is 51.6 Å². The normalized spacial score (nSPS) is 19.0. The Kier molecular flexibility index (Phi) is 6.28. The molecule has 0 aromatic carbocycles. The molecule has 1 aliphatic heterocycles. The second kappa shape index (κ2) is 9.27. The summed E-state index contributed by atoms with van der Waals surface area (Å²) in [6, 6.07) is 3.90. The van der Waals surface area contributed by atoms with Crippen molar-refractivity contribution in [3.8, 4) is 6.07 Å². The predicted octanol–water partition coefficient (Wildman–Crippen LogP) is 2.20. The number of hydrogen-bond acceptors (Lipinski definition) is 8. The Balaban J connectivity index is 1.68. The highest BCUT2D eigenvalue weighted by Crippen LogP contribution is 2.30. The first kappa shape index (κ1) is 21.0. The van der Waals surface area contributed by atoms with Crippen LogP contribution in [0.15, 0.2) is 33.4 Å². The molecule has 31 heavy (non-hydrogen) atoms. The summed E-state index contributed by atoms with van der Waals surface area (Å²) in [5.41, 5.74) is 7.66. The van der Waals surface area contributed by atoms with Gasteiger partial charge in [0.2, 0.25) is 5.95 Å². The molecule has 0 unspecified atom stereocenters. The van der Waals surface area contributed by atoms with E-state index >= 15 is 0 Å². The van der Waals surface area contributed by atoms with Crippen molar-refractivity contribution in [2.24, 2.45) is 10.7 Å². The molecule has 0 radical (unpaired) electrons. The molecular formula is C22H28N8O. The minimum Gasteiger partial charge on any atom is -0.401 e. The highest BCUT2D eigenvalue weighted by molar-refractivity contribution is 5.84. The molecule has 0 amide bonds. The molecule has 1 saturated heterocycles. The van der Waals surface area contributed by atoms with Gasteiger partial charge in [-0.3, -0.25) is 14.4 Å². The van der Waals surface area contributed by atoms with Gasteiger partial charge in [-0.05, 0) is 51.8 Å². The summed E-state index contributed by atoms with van der Waals surface area (Å²) in [4.78, 5) is 26.6. The first-order valence-electron chi connectivity index (χ1n) is 10.9. The number of hydrogen-bond donors (Lipinski definition) is 3. The van der Waals surface area contributed by atoms with Crippen LogP contribution in [0.1, 0.15) is 57.1 Å². The highest BCUT2D eigenvalue weighted by Gasteiger charge is 2.23. The minimum absolute atomic E-state index is 0.0544. The van der Waals surface area contributed by atoms with Gasteiger partial charge in [-0.2, -0.15) is 10.2 Å². The maximum Gasteiger partial charge on any atom is 0.270 e. The number of nitriles is 1. The SMILES string of the molecule is C/C(N)=C(/C=NC1CCNCC1)Nc1ncc2cc(C#N)c(=O)n(C3CCCC3)c2n1. The van der Waals surface area contributed by atoms with Gasteiger partial charge in [0.15, 0.2) is 0 Å². The second-order valence-electron chi connectivity index (χ2n) is 8.24.